The second-order valence-corrected chi connectivity index (χ2v) is 7.89. The minimum Gasteiger partial charge on any atom is -0.396 e. The Morgan fingerprint density at radius 3 is 2.54 bits per heavy atom. The predicted octanol–water partition coefficient (Wildman–Crippen LogP) is 3.21. The molecule has 1 saturated heterocycles. The normalized spacial score (nSPS) is 20.6. The number of aliphatic hydroxyl groups excluding tert-OH is 1. The van der Waals surface area contributed by atoms with Gasteiger partial charge >= 0.3 is 6.18 Å². The number of carbonyl (C=O) groups is 1. The van der Waals surface area contributed by atoms with Crippen molar-refractivity contribution in [3.05, 3.63) is 29.1 Å². The van der Waals surface area contributed by atoms with Gasteiger partial charge in [-0.2, -0.15) is 13.2 Å². The molecule has 2 heterocycles. The first-order valence-corrected chi connectivity index (χ1v) is 9.11. The molecule has 1 spiro atoms. The molecular formula is C19H25F3N2O2. The number of carbonyl (C=O) groups excluding carboxylic acids is 1. The van der Waals surface area contributed by atoms with Crippen LogP contribution in [0.2, 0.25) is 0 Å². The number of aromatic nitrogens is 1. The van der Waals surface area contributed by atoms with Crippen molar-refractivity contribution >= 4 is 5.91 Å². The first-order valence-electron chi connectivity index (χ1n) is 9.11. The number of alkyl halides is 3. The molecular weight excluding hydrogens is 345 g/mol. The number of aryl methyl sites for hydroxylation is 1. The van der Waals surface area contributed by atoms with E-state index in [0.717, 1.165) is 32.0 Å². The minimum absolute atomic E-state index is 0.0269. The van der Waals surface area contributed by atoms with Gasteiger partial charge in [0.1, 0.15) is 0 Å². The van der Waals surface area contributed by atoms with Gasteiger partial charge in [0.2, 0.25) is 5.91 Å². The molecule has 1 aliphatic carbocycles. The summed E-state index contributed by atoms with van der Waals surface area (Å²) in [6.07, 6.45) is -1.07. The Morgan fingerprint density at radius 1 is 1.38 bits per heavy atom. The highest BCUT2D eigenvalue weighted by atomic mass is 19.4. The Bertz CT molecular complexity index is 672. The van der Waals surface area contributed by atoms with Crippen LogP contribution in [0.25, 0.3) is 0 Å². The molecule has 0 unspecified atom stereocenters. The molecule has 144 valence electrons. The van der Waals surface area contributed by atoms with Gasteiger partial charge in [-0.15, -0.1) is 0 Å². The van der Waals surface area contributed by atoms with Crippen molar-refractivity contribution in [2.75, 3.05) is 19.7 Å². The maximum Gasteiger partial charge on any atom is 0.418 e. The number of hydrogen-bond donors (Lipinski definition) is 1. The van der Waals surface area contributed by atoms with E-state index in [4.69, 9.17) is 0 Å². The lowest BCUT2D eigenvalue weighted by Crippen LogP contribution is -2.65. The third-order valence-corrected chi connectivity index (χ3v) is 5.82. The number of likely N-dealkylation sites (tertiary alicyclic amines) is 1. The highest BCUT2D eigenvalue weighted by Gasteiger charge is 2.53. The number of rotatable bonds is 5. The third-order valence-electron chi connectivity index (χ3n) is 5.82. The molecule has 1 aromatic rings. The molecule has 0 aromatic carbocycles. The second-order valence-electron chi connectivity index (χ2n) is 7.89. The summed E-state index contributed by atoms with van der Waals surface area (Å²) < 4.78 is 38.4. The Morgan fingerprint density at radius 2 is 2.04 bits per heavy atom. The summed E-state index contributed by atoms with van der Waals surface area (Å²) in [4.78, 5) is 18.2. The minimum atomic E-state index is -4.36. The van der Waals surface area contributed by atoms with Crippen molar-refractivity contribution in [1.29, 1.82) is 0 Å². The number of amides is 1. The number of pyridine rings is 1. The number of nitrogens with zero attached hydrogens (tertiary/aromatic N) is 2. The maximum atomic E-state index is 12.8. The van der Waals surface area contributed by atoms with E-state index in [9.17, 15) is 23.1 Å². The van der Waals surface area contributed by atoms with Crippen molar-refractivity contribution in [1.82, 2.24) is 9.88 Å². The molecule has 1 saturated carbocycles. The molecule has 2 fully saturated rings. The number of aliphatic hydroxyl groups is 1. The lowest BCUT2D eigenvalue weighted by atomic mass is 9.56. The van der Waals surface area contributed by atoms with Gasteiger partial charge in [0, 0.05) is 29.9 Å². The molecule has 26 heavy (non-hydrogen) atoms. The van der Waals surface area contributed by atoms with E-state index in [1.54, 1.807) is 0 Å². The summed E-state index contributed by atoms with van der Waals surface area (Å²) in [5, 5.41) is 9.24. The quantitative estimate of drug-likeness (QED) is 0.866. The van der Waals surface area contributed by atoms with Crippen LogP contribution in [0.5, 0.6) is 0 Å². The first-order chi connectivity index (χ1) is 12.2. The van der Waals surface area contributed by atoms with Crippen molar-refractivity contribution < 1.29 is 23.1 Å². The summed E-state index contributed by atoms with van der Waals surface area (Å²) in [6, 6.07) is 2.60. The molecule has 1 atom stereocenters. The van der Waals surface area contributed by atoms with E-state index in [1.807, 2.05) is 11.8 Å². The highest BCUT2D eigenvalue weighted by Crippen LogP contribution is 2.53. The average molecular weight is 370 g/mol. The zero-order valence-corrected chi connectivity index (χ0v) is 15.1. The molecule has 0 bridgehead atoms. The van der Waals surface area contributed by atoms with E-state index in [-0.39, 0.29) is 29.5 Å². The van der Waals surface area contributed by atoms with Gasteiger partial charge in [-0.3, -0.25) is 9.78 Å². The van der Waals surface area contributed by atoms with Crippen LogP contribution in [-0.2, 0) is 17.4 Å². The van der Waals surface area contributed by atoms with E-state index < -0.39 is 11.7 Å². The predicted molar refractivity (Wildman–Crippen MR) is 90.3 cm³/mol. The molecule has 1 N–H and O–H groups in total. The third kappa shape index (κ3) is 3.59. The molecule has 1 aromatic heterocycles. The lowest BCUT2D eigenvalue weighted by Gasteiger charge is -2.59. The van der Waals surface area contributed by atoms with Crippen LogP contribution in [0.15, 0.2) is 12.1 Å². The van der Waals surface area contributed by atoms with Crippen LogP contribution in [0.1, 0.15) is 43.1 Å². The summed E-state index contributed by atoms with van der Waals surface area (Å²) in [5.74, 6) is 0.141. The van der Waals surface area contributed by atoms with E-state index >= 15 is 0 Å². The fourth-order valence-electron chi connectivity index (χ4n) is 4.45. The van der Waals surface area contributed by atoms with Crippen LogP contribution >= 0.6 is 0 Å². The van der Waals surface area contributed by atoms with Crippen molar-refractivity contribution in [3.8, 4) is 0 Å². The topological polar surface area (TPSA) is 53.4 Å². The second kappa shape index (κ2) is 6.83. The monoisotopic (exact) mass is 370 g/mol. The lowest BCUT2D eigenvalue weighted by molar-refractivity contribution is -0.160. The van der Waals surface area contributed by atoms with Gasteiger partial charge in [-0.25, -0.2) is 0 Å². The SMILES string of the molecule is CC[C@H](CO)C(=O)N1CC2(CC(Cc3ccc(C(F)(F)F)c(C)n3)C2)C1. The van der Waals surface area contributed by atoms with Crippen LogP contribution in [0.3, 0.4) is 0 Å². The smallest absolute Gasteiger partial charge is 0.396 e. The van der Waals surface area contributed by atoms with E-state index in [1.165, 1.54) is 13.0 Å². The zero-order chi connectivity index (χ0) is 19.1. The molecule has 1 aliphatic heterocycles. The Balaban J connectivity index is 1.50. The van der Waals surface area contributed by atoms with Gasteiger partial charge in [0.05, 0.1) is 18.1 Å². The Labute approximate surface area is 151 Å². The fourth-order valence-corrected chi connectivity index (χ4v) is 4.45. The Kier molecular flexibility index (Phi) is 5.03. The van der Waals surface area contributed by atoms with Gasteiger partial charge in [-0.1, -0.05) is 6.92 Å². The van der Waals surface area contributed by atoms with Gasteiger partial charge in [0.25, 0.3) is 0 Å². The molecule has 2 aliphatic rings. The highest BCUT2D eigenvalue weighted by molar-refractivity contribution is 5.80. The standard InChI is InChI=1S/C19H25F3N2O2/c1-3-14(9-25)17(26)24-10-18(11-24)7-13(8-18)6-15-4-5-16(12(2)23-15)19(20,21)22/h4-5,13-14,25H,3,6-11H2,1-2H3/t14-/m1/s1. The van der Waals surface area contributed by atoms with Gasteiger partial charge in [-0.05, 0) is 50.7 Å². The van der Waals surface area contributed by atoms with Crippen molar-refractivity contribution in [2.45, 2.75) is 45.7 Å². The van der Waals surface area contributed by atoms with Crippen molar-refractivity contribution in [2.24, 2.45) is 17.3 Å². The largest absolute Gasteiger partial charge is 0.418 e. The van der Waals surface area contributed by atoms with Crippen LogP contribution in [0.4, 0.5) is 13.2 Å². The van der Waals surface area contributed by atoms with Gasteiger partial charge in [0.15, 0.2) is 0 Å². The maximum absolute atomic E-state index is 12.8. The van der Waals surface area contributed by atoms with E-state index in [2.05, 4.69) is 4.98 Å². The van der Waals surface area contributed by atoms with Crippen molar-refractivity contribution in [3.63, 3.8) is 0 Å². The van der Waals surface area contributed by atoms with Crippen LogP contribution in [0, 0.1) is 24.2 Å². The molecule has 1 amide bonds. The van der Waals surface area contributed by atoms with E-state index in [0.29, 0.717) is 24.5 Å². The van der Waals surface area contributed by atoms with Crippen LogP contribution < -0.4 is 0 Å². The van der Waals surface area contributed by atoms with Crippen LogP contribution in [-0.4, -0.2) is 40.6 Å². The molecule has 0 radical (unpaired) electrons. The number of hydrogen-bond acceptors (Lipinski definition) is 3. The number of halogens is 3. The van der Waals surface area contributed by atoms with Gasteiger partial charge < -0.3 is 10.0 Å². The molecule has 4 nitrogen and oxygen atoms in total. The average Bonchev–Trinajstić information content (AvgIpc) is 2.48. The fraction of sp³-hybridized carbons (Fsp3) is 0.684. The zero-order valence-electron chi connectivity index (χ0n) is 15.1. The summed E-state index contributed by atoms with van der Waals surface area (Å²) in [6.45, 7) is 4.65. The Hall–Kier alpha value is -1.63. The molecule has 3 rings (SSSR count). The molecule has 7 heteroatoms. The first kappa shape index (κ1) is 19.1. The summed E-state index contributed by atoms with van der Waals surface area (Å²) in [5.41, 5.74) is 0.233. The summed E-state index contributed by atoms with van der Waals surface area (Å²) in [7, 11) is 0. The summed E-state index contributed by atoms with van der Waals surface area (Å²) >= 11 is 0.